The summed E-state index contributed by atoms with van der Waals surface area (Å²) in [6.45, 7) is 4.25. The fourth-order valence-corrected chi connectivity index (χ4v) is 2.75. The summed E-state index contributed by atoms with van der Waals surface area (Å²) >= 11 is 0. The van der Waals surface area contributed by atoms with E-state index in [1.807, 2.05) is 0 Å². The predicted molar refractivity (Wildman–Crippen MR) is 77.5 cm³/mol. The van der Waals surface area contributed by atoms with Gasteiger partial charge in [0.1, 0.15) is 0 Å². The molecule has 0 bridgehead atoms. The average molecular weight is 293 g/mol. The number of nitrogens with zero attached hydrogens (tertiary/aromatic N) is 2. The molecule has 0 spiro atoms. The molecule has 1 aliphatic carbocycles. The number of nitro groups is 1. The molecule has 1 fully saturated rings. The van der Waals surface area contributed by atoms with Crippen molar-refractivity contribution in [2.75, 3.05) is 5.32 Å². The molecule has 0 amide bonds. The van der Waals surface area contributed by atoms with Crippen LogP contribution in [0.4, 0.5) is 11.5 Å². The Morgan fingerprint density at radius 2 is 2.24 bits per heavy atom. The van der Waals surface area contributed by atoms with E-state index in [-0.39, 0.29) is 28.5 Å². The zero-order chi connectivity index (χ0) is 15.6. The minimum atomic E-state index is -1.23. The van der Waals surface area contributed by atoms with Crippen LogP contribution in [-0.2, 0) is 0 Å². The number of pyridine rings is 1. The molecular weight excluding hydrogens is 274 g/mol. The molecule has 0 aromatic carbocycles. The van der Waals surface area contributed by atoms with Gasteiger partial charge in [0.05, 0.1) is 10.5 Å². The summed E-state index contributed by atoms with van der Waals surface area (Å²) in [6.07, 6.45) is 5.34. The molecule has 2 rings (SSSR count). The second-order valence-electron chi connectivity index (χ2n) is 6.09. The molecule has 1 aromatic heterocycles. The number of aromatic carboxylic acids is 1. The van der Waals surface area contributed by atoms with E-state index in [2.05, 4.69) is 24.1 Å². The summed E-state index contributed by atoms with van der Waals surface area (Å²) in [4.78, 5) is 25.4. The predicted octanol–water partition coefficient (Wildman–Crippen LogP) is 3.07. The third-order valence-corrected chi connectivity index (χ3v) is 4.13. The highest BCUT2D eigenvalue weighted by molar-refractivity contribution is 5.88. The zero-order valence-corrected chi connectivity index (χ0v) is 12.1. The van der Waals surface area contributed by atoms with Gasteiger partial charge in [-0.1, -0.05) is 26.7 Å². The fourth-order valence-electron chi connectivity index (χ4n) is 2.75. The number of anilines is 1. The SMILES string of the molecule is CC1(C)CCCCC1Nc1ncc(C(=O)O)cc1[N+](=O)[O-]. The summed E-state index contributed by atoms with van der Waals surface area (Å²) in [5, 5.41) is 23.2. The van der Waals surface area contributed by atoms with E-state index < -0.39 is 10.9 Å². The van der Waals surface area contributed by atoms with Crippen LogP contribution in [0.3, 0.4) is 0 Å². The molecular formula is C14H19N3O4. The zero-order valence-electron chi connectivity index (χ0n) is 12.1. The summed E-state index contributed by atoms with van der Waals surface area (Å²) in [6, 6.07) is 1.14. The normalized spacial score (nSPS) is 20.8. The highest BCUT2D eigenvalue weighted by Crippen LogP contribution is 2.38. The van der Waals surface area contributed by atoms with Gasteiger partial charge in [-0.2, -0.15) is 0 Å². The average Bonchev–Trinajstić information content (AvgIpc) is 2.41. The van der Waals surface area contributed by atoms with Crippen LogP contribution in [0.1, 0.15) is 49.9 Å². The smallest absolute Gasteiger partial charge is 0.337 e. The molecule has 0 radical (unpaired) electrons. The van der Waals surface area contributed by atoms with Gasteiger partial charge in [0.2, 0.25) is 5.82 Å². The Hall–Kier alpha value is -2.18. The molecule has 1 unspecified atom stereocenters. The van der Waals surface area contributed by atoms with Crippen molar-refractivity contribution >= 4 is 17.5 Å². The van der Waals surface area contributed by atoms with E-state index in [9.17, 15) is 14.9 Å². The summed E-state index contributed by atoms with van der Waals surface area (Å²) in [5.74, 6) is -1.08. The molecule has 114 valence electrons. The minimum Gasteiger partial charge on any atom is -0.478 e. The highest BCUT2D eigenvalue weighted by Gasteiger charge is 2.34. The van der Waals surface area contributed by atoms with E-state index in [0.29, 0.717) is 0 Å². The van der Waals surface area contributed by atoms with E-state index in [4.69, 9.17) is 5.11 Å². The van der Waals surface area contributed by atoms with Crippen LogP contribution in [0.5, 0.6) is 0 Å². The van der Waals surface area contributed by atoms with Crippen molar-refractivity contribution in [2.24, 2.45) is 5.41 Å². The van der Waals surface area contributed by atoms with Gasteiger partial charge in [0.25, 0.3) is 0 Å². The molecule has 2 N–H and O–H groups in total. The van der Waals surface area contributed by atoms with Crippen LogP contribution >= 0.6 is 0 Å². The van der Waals surface area contributed by atoms with Crippen LogP contribution in [0.15, 0.2) is 12.3 Å². The van der Waals surface area contributed by atoms with Gasteiger partial charge in [-0.05, 0) is 18.3 Å². The Bertz CT molecular complexity index is 571. The first kappa shape index (κ1) is 15.2. The molecule has 1 heterocycles. The molecule has 0 saturated heterocycles. The van der Waals surface area contributed by atoms with Crippen molar-refractivity contribution in [3.8, 4) is 0 Å². The van der Waals surface area contributed by atoms with Gasteiger partial charge in [-0.25, -0.2) is 9.78 Å². The number of aromatic nitrogens is 1. The van der Waals surface area contributed by atoms with Crippen molar-refractivity contribution < 1.29 is 14.8 Å². The number of carbonyl (C=O) groups is 1. The standard InChI is InChI=1S/C14H19N3O4/c1-14(2)6-4-3-5-11(14)16-12-10(17(20)21)7-9(8-15-12)13(18)19/h7-8,11H,3-6H2,1-2H3,(H,15,16)(H,18,19). The second-order valence-corrected chi connectivity index (χ2v) is 6.09. The minimum absolute atomic E-state index is 0.0271. The first-order valence-corrected chi connectivity index (χ1v) is 6.95. The van der Waals surface area contributed by atoms with Crippen molar-refractivity contribution in [3.63, 3.8) is 0 Å². The molecule has 7 heteroatoms. The van der Waals surface area contributed by atoms with E-state index in [1.54, 1.807) is 0 Å². The van der Waals surface area contributed by atoms with Gasteiger partial charge in [0.15, 0.2) is 0 Å². The lowest BCUT2D eigenvalue weighted by molar-refractivity contribution is -0.384. The second kappa shape index (κ2) is 5.67. The molecule has 7 nitrogen and oxygen atoms in total. The van der Waals surface area contributed by atoms with E-state index in [1.165, 1.54) is 0 Å². The van der Waals surface area contributed by atoms with Crippen LogP contribution in [0.25, 0.3) is 0 Å². The van der Waals surface area contributed by atoms with Gasteiger partial charge in [-0.15, -0.1) is 0 Å². The van der Waals surface area contributed by atoms with Crippen LogP contribution in [0, 0.1) is 15.5 Å². The van der Waals surface area contributed by atoms with E-state index >= 15 is 0 Å². The van der Waals surface area contributed by atoms with E-state index in [0.717, 1.165) is 37.9 Å². The number of hydrogen-bond acceptors (Lipinski definition) is 5. The molecule has 21 heavy (non-hydrogen) atoms. The molecule has 0 aliphatic heterocycles. The van der Waals surface area contributed by atoms with Crippen molar-refractivity contribution in [3.05, 3.63) is 27.9 Å². The molecule has 1 aromatic rings. The van der Waals surface area contributed by atoms with Crippen molar-refractivity contribution in [1.29, 1.82) is 0 Å². The first-order chi connectivity index (χ1) is 9.81. The molecule has 1 saturated carbocycles. The van der Waals surface area contributed by atoms with Crippen LogP contribution in [-0.4, -0.2) is 27.0 Å². The van der Waals surface area contributed by atoms with Gasteiger partial charge >= 0.3 is 11.7 Å². The Morgan fingerprint density at radius 1 is 1.52 bits per heavy atom. The summed E-state index contributed by atoms with van der Waals surface area (Å²) < 4.78 is 0. The van der Waals surface area contributed by atoms with Gasteiger partial charge < -0.3 is 10.4 Å². The van der Waals surface area contributed by atoms with Gasteiger partial charge in [-0.3, -0.25) is 10.1 Å². The monoisotopic (exact) mass is 293 g/mol. The van der Waals surface area contributed by atoms with Crippen LogP contribution < -0.4 is 5.32 Å². The topological polar surface area (TPSA) is 105 Å². The molecule has 1 aliphatic rings. The van der Waals surface area contributed by atoms with Crippen molar-refractivity contribution in [1.82, 2.24) is 4.98 Å². The quantitative estimate of drug-likeness (QED) is 0.652. The Balaban J connectivity index is 2.31. The summed E-state index contributed by atoms with van der Waals surface area (Å²) in [5.41, 5.74) is -0.453. The Labute approximate surface area is 122 Å². The lowest BCUT2D eigenvalue weighted by atomic mass is 9.73. The number of rotatable bonds is 4. The Morgan fingerprint density at radius 3 is 2.81 bits per heavy atom. The van der Waals surface area contributed by atoms with Crippen LogP contribution in [0.2, 0.25) is 0 Å². The lowest BCUT2D eigenvalue weighted by Crippen LogP contribution is -2.39. The Kier molecular flexibility index (Phi) is 4.11. The maximum Gasteiger partial charge on any atom is 0.337 e. The summed E-state index contributed by atoms with van der Waals surface area (Å²) in [7, 11) is 0. The first-order valence-electron chi connectivity index (χ1n) is 6.95. The lowest BCUT2D eigenvalue weighted by Gasteiger charge is -2.39. The number of carboxylic acids is 1. The van der Waals surface area contributed by atoms with Crippen molar-refractivity contribution in [2.45, 2.75) is 45.6 Å². The number of hydrogen-bond donors (Lipinski definition) is 2. The maximum absolute atomic E-state index is 11.1. The fraction of sp³-hybridized carbons (Fsp3) is 0.571. The van der Waals surface area contributed by atoms with Gasteiger partial charge in [0, 0.05) is 18.3 Å². The maximum atomic E-state index is 11.1. The largest absolute Gasteiger partial charge is 0.478 e. The number of carboxylic acid groups (broad SMARTS) is 1. The highest BCUT2D eigenvalue weighted by atomic mass is 16.6. The third kappa shape index (κ3) is 3.29. The molecule has 1 atom stereocenters. The third-order valence-electron chi connectivity index (χ3n) is 4.13. The number of nitrogens with one attached hydrogen (secondary N) is 1.